The summed E-state index contributed by atoms with van der Waals surface area (Å²) in [6, 6.07) is 8.12. The van der Waals surface area contributed by atoms with Crippen molar-refractivity contribution in [3.63, 3.8) is 0 Å². The number of nitrogens with one attached hydrogen (secondary N) is 2. The molecule has 0 unspecified atom stereocenters. The minimum atomic E-state index is 0.106. The van der Waals surface area contributed by atoms with Crippen molar-refractivity contribution >= 4 is 11.6 Å². The third-order valence-corrected chi connectivity index (χ3v) is 3.69. The van der Waals surface area contributed by atoms with Crippen molar-refractivity contribution in [2.45, 2.75) is 38.6 Å². The summed E-state index contributed by atoms with van der Waals surface area (Å²) in [7, 11) is 1.99. The molecule has 0 aliphatic heterocycles. The van der Waals surface area contributed by atoms with E-state index in [-0.39, 0.29) is 11.0 Å². The Bertz CT molecular complexity index is 369. The van der Waals surface area contributed by atoms with Crippen LogP contribution in [0.5, 0.6) is 0 Å². The van der Waals surface area contributed by atoms with Gasteiger partial charge in [-0.05, 0) is 38.6 Å². The number of likely N-dealkylation sites (N-methyl/N-ethyl adjacent to an activating group) is 1. The molecular weight excluding hydrogens is 244 g/mol. The highest BCUT2D eigenvalue weighted by atomic mass is 35.5. The highest BCUT2D eigenvalue weighted by Crippen LogP contribution is 2.23. The van der Waals surface area contributed by atoms with Gasteiger partial charge in [0.2, 0.25) is 0 Å². The maximum atomic E-state index is 5.92. The molecule has 0 aliphatic carbocycles. The molecule has 0 saturated carbocycles. The second-order valence-electron chi connectivity index (χ2n) is 6.13. The fourth-order valence-corrected chi connectivity index (χ4v) is 1.91. The summed E-state index contributed by atoms with van der Waals surface area (Å²) in [5.74, 6) is 0. The van der Waals surface area contributed by atoms with Crippen LogP contribution in [-0.2, 0) is 5.41 Å². The summed E-state index contributed by atoms with van der Waals surface area (Å²) in [6.45, 7) is 10.8. The van der Waals surface area contributed by atoms with Crippen LogP contribution < -0.4 is 10.6 Å². The minimum absolute atomic E-state index is 0.106. The van der Waals surface area contributed by atoms with Crippen LogP contribution in [-0.4, -0.2) is 25.7 Å². The lowest BCUT2D eigenvalue weighted by Gasteiger charge is -2.30. The summed E-state index contributed by atoms with van der Waals surface area (Å²) < 4.78 is 0. The van der Waals surface area contributed by atoms with Crippen LogP contribution in [0.3, 0.4) is 0 Å². The van der Waals surface area contributed by atoms with Gasteiger partial charge in [-0.3, -0.25) is 0 Å². The van der Waals surface area contributed by atoms with Crippen LogP contribution in [0, 0.1) is 0 Å². The van der Waals surface area contributed by atoms with Gasteiger partial charge in [-0.25, -0.2) is 0 Å². The van der Waals surface area contributed by atoms with Crippen LogP contribution in [0.25, 0.3) is 0 Å². The van der Waals surface area contributed by atoms with Gasteiger partial charge in [-0.2, -0.15) is 0 Å². The Morgan fingerprint density at radius 1 is 1.00 bits per heavy atom. The fourth-order valence-electron chi connectivity index (χ4n) is 1.78. The van der Waals surface area contributed by atoms with E-state index < -0.39 is 0 Å². The first-order valence-electron chi connectivity index (χ1n) is 6.42. The molecule has 0 bridgehead atoms. The normalized spacial score (nSPS) is 12.8. The largest absolute Gasteiger partial charge is 0.314 e. The Labute approximate surface area is 116 Å². The highest BCUT2D eigenvalue weighted by molar-refractivity contribution is 6.30. The average Bonchev–Trinajstić information content (AvgIpc) is 2.29. The third-order valence-electron chi connectivity index (χ3n) is 3.44. The first-order chi connectivity index (χ1) is 8.27. The van der Waals surface area contributed by atoms with Crippen LogP contribution in [0.15, 0.2) is 24.3 Å². The second-order valence-corrected chi connectivity index (χ2v) is 6.56. The standard InChI is InChI=1S/C15H25ClN2/c1-14(2,10-18-11-15(3,4)17-5)12-6-8-13(16)9-7-12/h6-9,17-18H,10-11H2,1-5H3. The van der Waals surface area contributed by atoms with E-state index in [0.29, 0.717) is 0 Å². The van der Waals surface area contributed by atoms with Gasteiger partial charge in [0.15, 0.2) is 0 Å². The minimum Gasteiger partial charge on any atom is -0.314 e. The van der Waals surface area contributed by atoms with Crippen LogP contribution in [0.4, 0.5) is 0 Å². The number of hydrogen-bond acceptors (Lipinski definition) is 2. The predicted octanol–water partition coefficient (Wildman–Crippen LogP) is 3.21. The predicted molar refractivity (Wildman–Crippen MR) is 80.5 cm³/mol. The second kappa shape index (κ2) is 6.05. The van der Waals surface area contributed by atoms with E-state index in [0.717, 1.165) is 18.1 Å². The van der Waals surface area contributed by atoms with Gasteiger partial charge < -0.3 is 10.6 Å². The van der Waals surface area contributed by atoms with Crippen LogP contribution in [0.1, 0.15) is 33.3 Å². The van der Waals surface area contributed by atoms with Crippen molar-refractivity contribution < 1.29 is 0 Å². The number of rotatable bonds is 6. The molecule has 0 fully saturated rings. The molecule has 0 amide bonds. The maximum Gasteiger partial charge on any atom is 0.0406 e. The van der Waals surface area contributed by atoms with Crippen molar-refractivity contribution in [2.24, 2.45) is 0 Å². The van der Waals surface area contributed by atoms with Crippen LogP contribution in [0.2, 0.25) is 5.02 Å². The third kappa shape index (κ3) is 4.60. The Morgan fingerprint density at radius 3 is 2.06 bits per heavy atom. The maximum absolute atomic E-state index is 5.92. The van der Waals surface area contributed by atoms with Gasteiger partial charge in [0, 0.05) is 29.1 Å². The molecule has 0 atom stereocenters. The number of hydrogen-bond donors (Lipinski definition) is 2. The average molecular weight is 269 g/mol. The zero-order chi connectivity index (χ0) is 13.8. The van der Waals surface area contributed by atoms with Crippen LogP contribution >= 0.6 is 11.6 Å². The summed E-state index contributed by atoms with van der Waals surface area (Å²) in [5.41, 5.74) is 1.53. The van der Waals surface area contributed by atoms with E-state index in [1.807, 2.05) is 19.2 Å². The quantitative estimate of drug-likeness (QED) is 0.828. The molecule has 2 N–H and O–H groups in total. The molecule has 0 aliphatic rings. The first-order valence-corrected chi connectivity index (χ1v) is 6.80. The molecule has 1 rings (SSSR count). The van der Waals surface area contributed by atoms with E-state index in [9.17, 15) is 0 Å². The molecule has 0 heterocycles. The number of halogens is 1. The van der Waals surface area contributed by atoms with Gasteiger partial charge in [0.1, 0.15) is 0 Å². The van der Waals surface area contributed by atoms with Gasteiger partial charge in [0.05, 0.1) is 0 Å². The highest BCUT2D eigenvalue weighted by Gasteiger charge is 2.22. The molecule has 102 valence electrons. The first kappa shape index (κ1) is 15.5. The molecule has 0 saturated heterocycles. The molecule has 0 aromatic heterocycles. The van der Waals surface area contributed by atoms with Gasteiger partial charge in [-0.15, -0.1) is 0 Å². The van der Waals surface area contributed by atoms with Crippen molar-refractivity contribution in [1.82, 2.24) is 10.6 Å². The Kier molecular flexibility index (Phi) is 5.20. The molecule has 2 nitrogen and oxygen atoms in total. The molecule has 0 radical (unpaired) electrons. The van der Waals surface area contributed by atoms with E-state index >= 15 is 0 Å². The summed E-state index contributed by atoms with van der Waals surface area (Å²) in [4.78, 5) is 0. The molecule has 18 heavy (non-hydrogen) atoms. The monoisotopic (exact) mass is 268 g/mol. The van der Waals surface area contributed by atoms with E-state index in [4.69, 9.17) is 11.6 Å². The van der Waals surface area contributed by atoms with Gasteiger partial charge in [-0.1, -0.05) is 37.6 Å². The van der Waals surface area contributed by atoms with Crippen molar-refractivity contribution in [3.8, 4) is 0 Å². The fraction of sp³-hybridized carbons (Fsp3) is 0.600. The van der Waals surface area contributed by atoms with Crippen molar-refractivity contribution in [2.75, 3.05) is 20.1 Å². The lowest BCUT2D eigenvalue weighted by molar-refractivity contribution is 0.367. The lowest BCUT2D eigenvalue weighted by atomic mass is 9.84. The Morgan fingerprint density at radius 2 is 1.56 bits per heavy atom. The topological polar surface area (TPSA) is 24.1 Å². The van der Waals surface area contributed by atoms with Crippen molar-refractivity contribution in [3.05, 3.63) is 34.9 Å². The van der Waals surface area contributed by atoms with E-state index in [1.54, 1.807) is 0 Å². The molecule has 1 aromatic rings. The van der Waals surface area contributed by atoms with Crippen molar-refractivity contribution in [1.29, 1.82) is 0 Å². The van der Waals surface area contributed by atoms with E-state index in [2.05, 4.69) is 50.5 Å². The molecular formula is C15H25ClN2. The zero-order valence-corrected chi connectivity index (χ0v) is 12.9. The Balaban J connectivity index is 2.57. The molecule has 0 spiro atoms. The summed E-state index contributed by atoms with van der Waals surface area (Å²) >= 11 is 5.92. The zero-order valence-electron chi connectivity index (χ0n) is 12.1. The molecule has 1 aromatic carbocycles. The SMILES string of the molecule is CNC(C)(C)CNCC(C)(C)c1ccc(Cl)cc1. The van der Waals surface area contributed by atoms with Gasteiger partial charge >= 0.3 is 0 Å². The number of benzene rings is 1. The molecule has 3 heteroatoms. The summed E-state index contributed by atoms with van der Waals surface area (Å²) in [5, 5.41) is 7.62. The lowest BCUT2D eigenvalue weighted by Crippen LogP contribution is -2.48. The smallest absolute Gasteiger partial charge is 0.0406 e. The Hall–Kier alpha value is -0.570. The summed E-state index contributed by atoms with van der Waals surface area (Å²) in [6.07, 6.45) is 0. The van der Waals surface area contributed by atoms with E-state index in [1.165, 1.54) is 5.56 Å². The van der Waals surface area contributed by atoms with Gasteiger partial charge in [0.25, 0.3) is 0 Å².